The van der Waals surface area contributed by atoms with Crippen LogP contribution >= 0.6 is 19.2 Å². The van der Waals surface area contributed by atoms with Crippen LogP contribution < -0.4 is 5.32 Å². The molecular formula is C19H29ClN5O8P. The summed E-state index contributed by atoms with van der Waals surface area (Å²) < 4.78 is 35.7. The minimum atomic E-state index is -4.58. The zero-order valence-electron chi connectivity index (χ0n) is 19.3. The van der Waals surface area contributed by atoms with E-state index in [9.17, 15) is 19.4 Å². The third-order valence-electron chi connectivity index (χ3n) is 5.28. The molecule has 0 saturated carbocycles. The van der Waals surface area contributed by atoms with Crippen molar-refractivity contribution in [1.82, 2.24) is 19.5 Å². The number of hydrogen-bond acceptors (Lipinski definition) is 11. The zero-order valence-corrected chi connectivity index (χ0v) is 21.0. The number of carbonyl (C=O) groups is 1. The number of nitrogens with one attached hydrogen (secondary N) is 1. The third kappa shape index (κ3) is 5.20. The predicted molar refractivity (Wildman–Crippen MR) is 121 cm³/mol. The van der Waals surface area contributed by atoms with Gasteiger partial charge in [0.05, 0.1) is 32.3 Å². The lowest BCUT2D eigenvalue weighted by Gasteiger charge is -2.31. The van der Waals surface area contributed by atoms with Gasteiger partial charge in [-0.1, -0.05) is 0 Å². The van der Waals surface area contributed by atoms with Crippen molar-refractivity contribution in [3.8, 4) is 0 Å². The fraction of sp³-hybridized carbons (Fsp3) is 0.684. The molecule has 0 bridgehead atoms. The molecule has 34 heavy (non-hydrogen) atoms. The molecule has 5 unspecified atom stereocenters. The molecule has 0 aliphatic carbocycles. The highest BCUT2D eigenvalue weighted by Gasteiger charge is 2.55. The molecule has 0 radical (unpaired) electrons. The highest BCUT2D eigenvalue weighted by atomic mass is 35.5. The van der Waals surface area contributed by atoms with E-state index in [1.807, 2.05) is 6.92 Å². The maximum atomic E-state index is 12.7. The zero-order chi connectivity index (χ0) is 25.1. The Kier molecular flexibility index (Phi) is 8.51. The quantitative estimate of drug-likeness (QED) is 0.224. The molecule has 0 aromatic carbocycles. The molecule has 1 aliphatic rings. The Bertz CT molecular complexity index is 1070. The van der Waals surface area contributed by atoms with Gasteiger partial charge < -0.3 is 34.1 Å². The Hall–Kier alpha value is -1.86. The number of fused-ring (bicyclic) bond motifs is 1. The van der Waals surface area contributed by atoms with Crippen LogP contribution in [0.4, 0.5) is 5.82 Å². The second-order valence-electron chi connectivity index (χ2n) is 7.58. The summed E-state index contributed by atoms with van der Waals surface area (Å²) in [6, 6.07) is 0. The number of esters is 1. The van der Waals surface area contributed by atoms with E-state index in [2.05, 4.69) is 20.3 Å². The molecule has 0 amide bonds. The predicted octanol–water partition coefficient (Wildman–Crippen LogP) is 2.08. The summed E-state index contributed by atoms with van der Waals surface area (Å²) >= 11 is 6.06. The summed E-state index contributed by atoms with van der Waals surface area (Å²) in [5.41, 5.74) is 0.888. The number of rotatable bonds is 11. The van der Waals surface area contributed by atoms with Crippen LogP contribution in [0.2, 0.25) is 5.28 Å². The average molecular weight is 522 g/mol. The van der Waals surface area contributed by atoms with Gasteiger partial charge in [-0.15, -0.1) is 0 Å². The summed E-state index contributed by atoms with van der Waals surface area (Å²) in [5, 5.41) is 11.4. The minimum Gasteiger partial charge on any atom is -0.463 e. The van der Waals surface area contributed by atoms with E-state index in [0.29, 0.717) is 23.5 Å². The maximum absolute atomic E-state index is 12.7. The lowest BCUT2D eigenvalue weighted by atomic mass is 10.2. The highest BCUT2D eigenvalue weighted by molar-refractivity contribution is 7.55. The van der Waals surface area contributed by atoms with Crippen molar-refractivity contribution < 1.29 is 38.1 Å². The maximum Gasteiger partial charge on any atom is 0.370 e. The Morgan fingerprint density at radius 3 is 2.76 bits per heavy atom. The number of halogens is 1. The van der Waals surface area contributed by atoms with E-state index < -0.39 is 37.3 Å². The van der Waals surface area contributed by atoms with E-state index in [4.69, 9.17) is 30.3 Å². The number of aliphatic hydroxyl groups is 1. The fourth-order valence-corrected chi connectivity index (χ4v) is 4.78. The van der Waals surface area contributed by atoms with Crippen molar-refractivity contribution in [2.75, 3.05) is 31.7 Å². The van der Waals surface area contributed by atoms with Crippen LogP contribution in [0.3, 0.4) is 0 Å². The standard InChI is InChI=1S/C19H29ClN5O8P/c1-5-21-15-14-16(24-18(20)23-15)25(10-22-14)13-8-11(26)12(33-13)9-31-19(4,17(27)30-6-2)34(28,29)32-7-3/h10-13,26H,5-9H2,1-4H3,(H,28,29)(H,21,23,24). The lowest BCUT2D eigenvalue weighted by Crippen LogP contribution is -2.43. The molecule has 1 aliphatic heterocycles. The number of aromatic nitrogens is 4. The Morgan fingerprint density at radius 1 is 1.38 bits per heavy atom. The Morgan fingerprint density at radius 2 is 2.12 bits per heavy atom. The molecule has 2 aromatic heterocycles. The van der Waals surface area contributed by atoms with E-state index in [1.165, 1.54) is 13.3 Å². The molecule has 3 rings (SSSR count). The smallest absolute Gasteiger partial charge is 0.370 e. The van der Waals surface area contributed by atoms with Gasteiger partial charge in [-0.05, 0) is 39.3 Å². The molecule has 1 saturated heterocycles. The number of aliphatic hydroxyl groups excluding tert-OH is 1. The molecule has 2 aromatic rings. The van der Waals surface area contributed by atoms with Crippen molar-refractivity contribution in [3.05, 3.63) is 11.6 Å². The molecule has 1 fully saturated rings. The summed E-state index contributed by atoms with van der Waals surface area (Å²) in [5.74, 6) is -0.587. The van der Waals surface area contributed by atoms with Crippen LogP contribution in [0.15, 0.2) is 6.33 Å². The van der Waals surface area contributed by atoms with E-state index in [1.54, 1.807) is 11.5 Å². The van der Waals surface area contributed by atoms with E-state index in [0.717, 1.165) is 6.92 Å². The van der Waals surface area contributed by atoms with Gasteiger partial charge in [0.15, 0.2) is 17.0 Å². The van der Waals surface area contributed by atoms with Crippen molar-refractivity contribution >= 4 is 42.1 Å². The second-order valence-corrected chi connectivity index (χ2v) is 10.1. The second kappa shape index (κ2) is 10.8. The van der Waals surface area contributed by atoms with Gasteiger partial charge in [0, 0.05) is 13.0 Å². The molecule has 190 valence electrons. The number of anilines is 1. The van der Waals surface area contributed by atoms with Crippen LogP contribution in [-0.2, 0) is 28.1 Å². The van der Waals surface area contributed by atoms with E-state index in [-0.39, 0.29) is 31.5 Å². The van der Waals surface area contributed by atoms with E-state index >= 15 is 0 Å². The molecule has 3 heterocycles. The van der Waals surface area contributed by atoms with Crippen LogP contribution in [-0.4, -0.2) is 79.4 Å². The van der Waals surface area contributed by atoms with Gasteiger partial charge in [-0.3, -0.25) is 9.13 Å². The monoisotopic (exact) mass is 521 g/mol. The largest absolute Gasteiger partial charge is 0.463 e. The number of imidazole rings is 1. The average Bonchev–Trinajstić information content (AvgIpc) is 3.35. The van der Waals surface area contributed by atoms with Gasteiger partial charge in [0.25, 0.3) is 5.34 Å². The van der Waals surface area contributed by atoms with Crippen molar-refractivity contribution in [2.45, 2.75) is 57.9 Å². The molecule has 13 nitrogen and oxygen atoms in total. The Labute approximate surface area is 201 Å². The first-order chi connectivity index (χ1) is 16.1. The van der Waals surface area contributed by atoms with Crippen molar-refractivity contribution in [2.24, 2.45) is 0 Å². The number of hydrogen-bond donors (Lipinski definition) is 3. The Balaban J connectivity index is 1.80. The number of nitrogens with zero attached hydrogens (tertiary/aromatic N) is 4. The molecular weight excluding hydrogens is 493 g/mol. The van der Waals surface area contributed by atoms with Crippen molar-refractivity contribution in [1.29, 1.82) is 0 Å². The fourth-order valence-electron chi connectivity index (χ4n) is 3.49. The summed E-state index contributed by atoms with van der Waals surface area (Å²) in [4.78, 5) is 35.5. The molecule has 15 heteroatoms. The van der Waals surface area contributed by atoms with Crippen LogP contribution in [0.25, 0.3) is 11.2 Å². The molecule has 3 N–H and O–H groups in total. The van der Waals surface area contributed by atoms with Gasteiger partial charge >= 0.3 is 13.6 Å². The van der Waals surface area contributed by atoms with Gasteiger partial charge in [-0.25, -0.2) is 9.78 Å². The summed E-state index contributed by atoms with van der Waals surface area (Å²) in [7, 11) is -4.58. The summed E-state index contributed by atoms with van der Waals surface area (Å²) in [6.45, 7) is 6.16. The minimum absolute atomic E-state index is 0.0171. The SMILES string of the molecule is CCNc1nc(Cl)nc2c1ncn2C1CC(O)C(COC(C)(C(=O)OCC)P(=O)(O)OCC)O1. The van der Waals surface area contributed by atoms with Crippen molar-refractivity contribution in [3.63, 3.8) is 0 Å². The first-order valence-electron chi connectivity index (χ1n) is 10.8. The van der Waals surface area contributed by atoms with Gasteiger partial charge in [0.2, 0.25) is 5.28 Å². The van der Waals surface area contributed by atoms with Crippen LogP contribution in [0.5, 0.6) is 0 Å². The van der Waals surface area contributed by atoms with Crippen LogP contribution in [0.1, 0.15) is 40.3 Å². The first-order valence-corrected chi connectivity index (χ1v) is 12.8. The molecule has 5 atom stereocenters. The highest BCUT2D eigenvalue weighted by Crippen LogP contribution is 2.56. The van der Waals surface area contributed by atoms with Gasteiger partial charge in [0.1, 0.15) is 12.3 Å². The number of carbonyl (C=O) groups excluding carboxylic acids is 1. The lowest BCUT2D eigenvalue weighted by molar-refractivity contribution is -0.167. The van der Waals surface area contributed by atoms with Gasteiger partial charge in [-0.2, -0.15) is 9.97 Å². The first kappa shape index (κ1) is 26.7. The third-order valence-corrected chi connectivity index (χ3v) is 7.45. The topological polar surface area (TPSA) is 167 Å². The normalized spacial score (nSPS) is 24.0. The van der Waals surface area contributed by atoms with Crippen LogP contribution in [0, 0.1) is 0 Å². The number of ether oxygens (including phenoxy) is 3. The molecule has 0 spiro atoms. The summed E-state index contributed by atoms with van der Waals surface area (Å²) in [6.07, 6.45) is -0.976.